The topological polar surface area (TPSA) is 62.6 Å². The number of amides is 2. The Morgan fingerprint density at radius 2 is 2.00 bits per heavy atom. The fraction of sp³-hybridized carbons (Fsp3) is 0.217. The maximum Gasteiger partial charge on any atom is 0.262 e. The standard InChI is InChI=1S/C23H20ClFN2O3/c1-23(2)13-27(22(29)20-17(24)6-3-7-18(20)25)19-11-14(8-9-16(19)23)21(28)26-12-15-5-4-10-30-15/h3-11H,12-13H2,1-2H3,(H,26,28). The van der Waals surface area contributed by atoms with Gasteiger partial charge in [-0.15, -0.1) is 0 Å². The van der Waals surface area contributed by atoms with Crippen LogP contribution in [0.15, 0.2) is 59.2 Å². The molecule has 2 amide bonds. The van der Waals surface area contributed by atoms with Crippen LogP contribution in [-0.4, -0.2) is 18.4 Å². The molecule has 0 bridgehead atoms. The molecular formula is C23H20ClFN2O3. The lowest BCUT2D eigenvalue weighted by Crippen LogP contribution is -2.34. The number of nitrogens with zero attached hydrogens (tertiary/aromatic N) is 1. The lowest BCUT2D eigenvalue weighted by Gasteiger charge is -2.21. The number of benzene rings is 2. The van der Waals surface area contributed by atoms with Gasteiger partial charge in [-0.05, 0) is 42.0 Å². The van der Waals surface area contributed by atoms with Crippen molar-refractivity contribution in [1.82, 2.24) is 5.32 Å². The smallest absolute Gasteiger partial charge is 0.262 e. The lowest BCUT2D eigenvalue weighted by atomic mass is 9.86. The molecule has 2 aromatic carbocycles. The van der Waals surface area contributed by atoms with E-state index in [9.17, 15) is 14.0 Å². The van der Waals surface area contributed by atoms with Crippen molar-refractivity contribution in [3.05, 3.63) is 88.1 Å². The third kappa shape index (κ3) is 3.59. The molecule has 1 aliphatic rings. The van der Waals surface area contributed by atoms with E-state index in [0.717, 1.165) is 5.56 Å². The summed E-state index contributed by atoms with van der Waals surface area (Å²) in [4.78, 5) is 27.3. The van der Waals surface area contributed by atoms with Gasteiger partial charge in [-0.2, -0.15) is 0 Å². The fourth-order valence-electron chi connectivity index (χ4n) is 3.74. The van der Waals surface area contributed by atoms with Crippen LogP contribution in [0.3, 0.4) is 0 Å². The second-order valence-corrected chi connectivity index (χ2v) is 8.27. The molecule has 3 aromatic rings. The zero-order chi connectivity index (χ0) is 21.5. The molecule has 0 radical (unpaired) electrons. The number of carbonyl (C=O) groups excluding carboxylic acids is 2. The molecule has 0 aliphatic carbocycles. The second kappa shape index (κ2) is 7.61. The van der Waals surface area contributed by atoms with E-state index in [1.54, 1.807) is 24.3 Å². The summed E-state index contributed by atoms with van der Waals surface area (Å²) in [6, 6.07) is 12.9. The van der Waals surface area contributed by atoms with Crippen molar-refractivity contribution in [2.45, 2.75) is 25.8 Å². The first-order valence-corrected chi connectivity index (χ1v) is 9.87. The highest BCUT2D eigenvalue weighted by molar-refractivity contribution is 6.34. The number of hydrogen-bond donors (Lipinski definition) is 1. The van der Waals surface area contributed by atoms with E-state index in [2.05, 4.69) is 5.32 Å². The monoisotopic (exact) mass is 426 g/mol. The lowest BCUT2D eigenvalue weighted by molar-refractivity contribution is 0.0945. The van der Waals surface area contributed by atoms with Crippen LogP contribution in [0.25, 0.3) is 0 Å². The first-order chi connectivity index (χ1) is 14.3. The largest absolute Gasteiger partial charge is 0.467 e. The third-order valence-corrected chi connectivity index (χ3v) is 5.57. The molecule has 7 heteroatoms. The number of anilines is 1. The molecule has 0 atom stereocenters. The summed E-state index contributed by atoms with van der Waals surface area (Å²) >= 11 is 6.11. The van der Waals surface area contributed by atoms with Gasteiger partial charge in [-0.25, -0.2) is 4.39 Å². The maximum atomic E-state index is 14.4. The highest BCUT2D eigenvalue weighted by Crippen LogP contribution is 2.42. The first kappa shape index (κ1) is 20.2. The second-order valence-electron chi connectivity index (χ2n) is 7.87. The van der Waals surface area contributed by atoms with E-state index >= 15 is 0 Å². The fourth-order valence-corrected chi connectivity index (χ4v) is 3.98. The Kier molecular flexibility index (Phi) is 5.12. The summed E-state index contributed by atoms with van der Waals surface area (Å²) in [6.45, 7) is 4.60. The minimum absolute atomic E-state index is 0.0543. The van der Waals surface area contributed by atoms with Crippen molar-refractivity contribution in [3.8, 4) is 0 Å². The molecule has 0 unspecified atom stereocenters. The van der Waals surface area contributed by atoms with Crippen molar-refractivity contribution in [2.75, 3.05) is 11.4 Å². The van der Waals surface area contributed by atoms with Crippen molar-refractivity contribution < 1.29 is 18.4 Å². The molecule has 2 heterocycles. The average molecular weight is 427 g/mol. The quantitative estimate of drug-likeness (QED) is 0.642. The number of nitrogens with one attached hydrogen (secondary N) is 1. The molecule has 30 heavy (non-hydrogen) atoms. The van der Waals surface area contributed by atoms with Gasteiger partial charge in [-0.3, -0.25) is 9.59 Å². The zero-order valence-electron chi connectivity index (χ0n) is 16.5. The van der Waals surface area contributed by atoms with Crippen LogP contribution in [0.2, 0.25) is 5.02 Å². The van der Waals surface area contributed by atoms with E-state index in [4.69, 9.17) is 16.0 Å². The average Bonchev–Trinajstić information content (AvgIpc) is 3.31. The molecule has 0 fully saturated rings. The molecule has 5 nitrogen and oxygen atoms in total. The number of fused-ring (bicyclic) bond motifs is 1. The molecule has 1 aromatic heterocycles. The maximum absolute atomic E-state index is 14.4. The van der Waals surface area contributed by atoms with E-state index in [0.29, 0.717) is 23.6 Å². The van der Waals surface area contributed by atoms with Gasteiger partial charge in [0.2, 0.25) is 0 Å². The minimum Gasteiger partial charge on any atom is -0.467 e. The van der Waals surface area contributed by atoms with Gasteiger partial charge in [0.1, 0.15) is 11.6 Å². The zero-order valence-corrected chi connectivity index (χ0v) is 17.3. The van der Waals surface area contributed by atoms with E-state index in [1.165, 1.54) is 29.4 Å². The highest BCUT2D eigenvalue weighted by Gasteiger charge is 2.39. The highest BCUT2D eigenvalue weighted by atomic mass is 35.5. The van der Waals surface area contributed by atoms with Gasteiger partial charge in [-0.1, -0.05) is 37.6 Å². The van der Waals surface area contributed by atoms with Crippen molar-refractivity contribution in [1.29, 1.82) is 0 Å². The van der Waals surface area contributed by atoms with Crippen molar-refractivity contribution in [2.24, 2.45) is 0 Å². The number of hydrogen-bond acceptors (Lipinski definition) is 3. The van der Waals surface area contributed by atoms with Crippen LogP contribution < -0.4 is 10.2 Å². The predicted molar refractivity (Wildman–Crippen MR) is 112 cm³/mol. The molecular weight excluding hydrogens is 407 g/mol. The number of rotatable bonds is 4. The molecule has 0 saturated heterocycles. The van der Waals surface area contributed by atoms with E-state index in [-0.39, 0.29) is 28.5 Å². The Balaban J connectivity index is 1.66. The van der Waals surface area contributed by atoms with Crippen LogP contribution >= 0.6 is 11.6 Å². The number of furan rings is 1. The number of halogens is 2. The van der Waals surface area contributed by atoms with Crippen LogP contribution in [0, 0.1) is 5.82 Å². The van der Waals surface area contributed by atoms with E-state index in [1.807, 2.05) is 19.9 Å². The normalized spacial score (nSPS) is 14.5. The van der Waals surface area contributed by atoms with Gasteiger partial charge in [0.25, 0.3) is 11.8 Å². The Hall–Kier alpha value is -3.12. The predicted octanol–water partition coefficient (Wildman–Crippen LogP) is 4.94. The van der Waals surface area contributed by atoms with Gasteiger partial charge in [0.15, 0.2) is 0 Å². The van der Waals surface area contributed by atoms with Gasteiger partial charge in [0, 0.05) is 23.2 Å². The van der Waals surface area contributed by atoms with Crippen LogP contribution in [-0.2, 0) is 12.0 Å². The van der Waals surface area contributed by atoms with E-state index < -0.39 is 11.7 Å². The molecule has 0 saturated carbocycles. The first-order valence-electron chi connectivity index (χ1n) is 9.49. The Bertz CT molecular complexity index is 1110. The summed E-state index contributed by atoms with van der Waals surface area (Å²) in [5.74, 6) is -0.865. The van der Waals surface area contributed by atoms with Crippen LogP contribution in [0.4, 0.5) is 10.1 Å². The van der Waals surface area contributed by atoms with Crippen molar-refractivity contribution >= 4 is 29.1 Å². The third-order valence-electron chi connectivity index (χ3n) is 5.26. The summed E-state index contributed by atoms with van der Waals surface area (Å²) in [6.07, 6.45) is 1.54. The molecule has 1 aliphatic heterocycles. The van der Waals surface area contributed by atoms with Gasteiger partial charge >= 0.3 is 0 Å². The molecule has 4 rings (SSSR count). The van der Waals surface area contributed by atoms with Crippen molar-refractivity contribution in [3.63, 3.8) is 0 Å². The molecule has 154 valence electrons. The molecule has 0 spiro atoms. The summed E-state index contributed by atoms with van der Waals surface area (Å²) in [5, 5.41) is 2.84. The SMILES string of the molecule is CC1(C)CN(C(=O)c2c(F)cccc2Cl)c2cc(C(=O)NCc3ccco3)ccc21. The number of carbonyl (C=O) groups is 2. The van der Waals surface area contributed by atoms with Crippen LogP contribution in [0.5, 0.6) is 0 Å². The Morgan fingerprint density at radius 1 is 1.20 bits per heavy atom. The summed E-state index contributed by atoms with van der Waals surface area (Å²) in [5.41, 5.74) is 1.36. The molecule has 1 N–H and O–H groups in total. The van der Waals surface area contributed by atoms with Gasteiger partial charge < -0.3 is 14.6 Å². The summed E-state index contributed by atoms with van der Waals surface area (Å²) in [7, 11) is 0. The van der Waals surface area contributed by atoms with Crippen LogP contribution in [0.1, 0.15) is 45.9 Å². The summed E-state index contributed by atoms with van der Waals surface area (Å²) < 4.78 is 19.6. The minimum atomic E-state index is -0.675. The Morgan fingerprint density at radius 3 is 2.70 bits per heavy atom. The van der Waals surface area contributed by atoms with Gasteiger partial charge in [0.05, 0.1) is 23.4 Å². The Labute approximate surface area is 178 Å².